The Labute approximate surface area is 119 Å². The molecular formula is C17H20N2O. The lowest BCUT2D eigenvalue weighted by molar-refractivity contribution is 0.248. The number of pyridine rings is 1. The molecular weight excluding hydrogens is 248 g/mol. The zero-order chi connectivity index (χ0) is 13.9. The van der Waals surface area contributed by atoms with Crippen LogP contribution in [0.5, 0.6) is 0 Å². The molecule has 3 rings (SSSR count). The molecule has 104 valence electrons. The molecule has 1 aliphatic rings. The summed E-state index contributed by atoms with van der Waals surface area (Å²) < 4.78 is 0. The molecule has 1 atom stereocenters. The van der Waals surface area contributed by atoms with Gasteiger partial charge in [-0.1, -0.05) is 30.3 Å². The Bertz CT molecular complexity index is 633. The maximum Gasteiger partial charge on any atom is 0.250 e. The number of aromatic nitrogens is 1. The van der Waals surface area contributed by atoms with E-state index in [1.807, 2.05) is 19.2 Å². The lowest BCUT2D eigenvalue weighted by Crippen LogP contribution is -2.23. The van der Waals surface area contributed by atoms with Gasteiger partial charge in [-0.25, -0.2) is 0 Å². The number of nitrogens with one attached hydrogen (secondary N) is 1. The fourth-order valence-corrected chi connectivity index (χ4v) is 3.02. The second kappa shape index (κ2) is 5.63. The second-order valence-corrected chi connectivity index (χ2v) is 5.56. The van der Waals surface area contributed by atoms with Crippen molar-refractivity contribution >= 4 is 0 Å². The largest absolute Gasteiger partial charge is 0.329 e. The SMILES string of the molecule is Cc1cc([C@@H]2CCCN2Cc2ccccc2)c[nH]c1=O. The van der Waals surface area contributed by atoms with Crippen LogP contribution in [0.1, 0.15) is 35.6 Å². The molecule has 1 aliphatic heterocycles. The topological polar surface area (TPSA) is 36.1 Å². The third-order valence-corrected chi connectivity index (χ3v) is 4.09. The summed E-state index contributed by atoms with van der Waals surface area (Å²) in [6.07, 6.45) is 4.26. The molecule has 3 nitrogen and oxygen atoms in total. The van der Waals surface area contributed by atoms with Crippen LogP contribution in [0.3, 0.4) is 0 Å². The standard InChI is InChI=1S/C17H20N2O/c1-13-10-15(11-18-17(13)20)16-8-5-9-19(16)12-14-6-3-2-4-7-14/h2-4,6-7,10-11,16H,5,8-9,12H2,1H3,(H,18,20)/t16-/m0/s1. The molecule has 2 aromatic rings. The van der Waals surface area contributed by atoms with Gasteiger partial charge in [0, 0.05) is 24.3 Å². The Kier molecular flexibility index (Phi) is 3.70. The maximum atomic E-state index is 11.5. The van der Waals surface area contributed by atoms with E-state index < -0.39 is 0 Å². The van der Waals surface area contributed by atoms with Crippen molar-refractivity contribution in [2.75, 3.05) is 6.54 Å². The van der Waals surface area contributed by atoms with E-state index in [4.69, 9.17) is 0 Å². The minimum absolute atomic E-state index is 0.0151. The molecule has 0 saturated carbocycles. The number of nitrogens with zero attached hydrogens (tertiary/aromatic N) is 1. The number of benzene rings is 1. The quantitative estimate of drug-likeness (QED) is 0.929. The van der Waals surface area contributed by atoms with Crippen molar-refractivity contribution in [3.8, 4) is 0 Å². The van der Waals surface area contributed by atoms with Gasteiger partial charge in [0.25, 0.3) is 5.56 Å². The van der Waals surface area contributed by atoms with Gasteiger partial charge < -0.3 is 4.98 Å². The molecule has 1 fully saturated rings. The molecule has 0 bridgehead atoms. The third-order valence-electron chi connectivity index (χ3n) is 4.09. The van der Waals surface area contributed by atoms with Crippen LogP contribution in [0, 0.1) is 6.92 Å². The van der Waals surface area contributed by atoms with Crippen molar-refractivity contribution in [2.45, 2.75) is 32.4 Å². The zero-order valence-corrected chi connectivity index (χ0v) is 11.8. The highest BCUT2D eigenvalue weighted by Crippen LogP contribution is 2.32. The number of aromatic amines is 1. The van der Waals surface area contributed by atoms with Crippen molar-refractivity contribution in [1.82, 2.24) is 9.88 Å². The van der Waals surface area contributed by atoms with E-state index in [1.165, 1.54) is 17.5 Å². The predicted octanol–water partition coefficient (Wildman–Crippen LogP) is 3.02. The first-order chi connectivity index (χ1) is 9.74. The minimum Gasteiger partial charge on any atom is -0.329 e. The Morgan fingerprint density at radius 1 is 1.30 bits per heavy atom. The van der Waals surface area contributed by atoms with Crippen LogP contribution < -0.4 is 5.56 Å². The van der Waals surface area contributed by atoms with E-state index in [-0.39, 0.29) is 5.56 Å². The van der Waals surface area contributed by atoms with Crippen LogP contribution in [0.4, 0.5) is 0 Å². The van der Waals surface area contributed by atoms with Gasteiger partial charge in [-0.05, 0) is 43.5 Å². The van der Waals surface area contributed by atoms with Crippen molar-refractivity contribution in [3.05, 3.63) is 69.6 Å². The van der Waals surface area contributed by atoms with Gasteiger partial charge in [0.2, 0.25) is 0 Å². The van der Waals surface area contributed by atoms with E-state index in [0.29, 0.717) is 6.04 Å². The van der Waals surface area contributed by atoms with Crippen molar-refractivity contribution in [2.24, 2.45) is 0 Å². The molecule has 0 spiro atoms. The maximum absolute atomic E-state index is 11.5. The van der Waals surface area contributed by atoms with Crippen LogP contribution in [0.15, 0.2) is 47.4 Å². The lowest BCUT2D eigenvalue weighted by Gasteiger charge is -2.25. The Morgan fingerprint density at radius 3 is 2.85 bits per heavy atom. The highest BCUT2D eigenvalue weighted by atomic mass is 16.1. The van der Waals surface area contributed by atoms with Crippen LogP contribution >= 0.6 is 0 Å². The second-order valence-electron chi connectivity index (χ2n) is 5.56. The Balaban J connectivity index is 1.81. The molecule has 20 heavy (non-hydrogen) atoms. The van der Waals surface area contributed by atoms with Gasteiger partial charge in [0.1, 0.15) is 0 Å². The molecule has 2 heterocycles. The van der Waals surface area contributed by atoms with E-state index in [1.54, 1.807) is 0 Å². The normalized spacial score (nSPS) is 19.4. The Morgan fingerprint density at radius 2 is 2.10 bits per heavy atom. The number of rotatable bonds is 3. The lowest BCUT2D eigenvalue weighted by atomic mass is 10.0. The van der Waals surface area contributed by atoms with Gasteiger partial charge in [0.15, 0.2) is 0 Å². The van der Waals surface area contributed by atoms with Crippen LogP contribution in [-0.2, 0) is 6.54 Å². The third kappa shape index (κ3) is 2.68. The summed E-state index contributed by atoms with van der Waals surface area (Å²) >= 11 is 0. The van der Waals surface area contributed by atoms with Crippen LogP contribution in [0.2, 0.25) is 0 Å². The van der Waals surface area contributed by atoms with Gasteiger partial charge in [-0.3, -0.25) is 9.69 Å². The number of aryl methyl sites for hydroxylation is 1. The molecule has 1 aromatic heterocycles. The smallest absolute Gasteiger partial charge is 0.250 e. The van der Waals surface area contributed by atoms with Gasteiger partial charge >= 0.3 is 0 Å². The van der Waals surface area contributed by atoms with E-state index >= 15 is 0 Å². The fourth-order valence-electron chi connectivity index (χ4n) is 3.02. The number of hydrogen-bond acceptors (Lipinski definition) is 2. The van der Waals surface area contributed by atoms with Crippen molar-refractivity contribution in [3.63, 3.8) is 0 Å². The molecule has 3 heteroatoms. The summed E-state index contributed by atoms with van der Waals surface area (Å²) in [6, 6.07) is 13.0. The Hall–Kier alpha value is -1.87. The monoisotopic (exact) mass is 268 g/mol. The van der Waals surface area contributed by atoms with Crippen LogP contribution in [0.25, 0.3) is 0 Å². The summed E-state index contributed by atoms with van der Waals surface area (Å²) in [7, 11) is 0. The molecule has 0 unspecified atom stereocenters. The fraction of sp³-hybridized carbons (Fsp3) is 0.353. The number of hydrogen-bond donors (Lipinski definition) is 1. The summed E-state index contributed by atoms with van der Waals surface area (Å²) in [5.74, 6) is 0. The highest BCUT2D eigenvalue weighted by Gasteiger charge is 2.26. The average Bonchev–Trinajstić information content (AvgIpc) is 2.91. The first-order valence-corrected chi connectivity index (χ1v) is 7.21. The van der Waals surface area contributed by atoms with Gasteiger partial charge in [-0.15, -0.1) is 0 Å². The van der Waals surface area contributed by atoms with E-state index in [0.717, 1.165) is 25.1 Å². The zero-order valence-electron chi connectivity index (χ0n) is 11.8. The first kappa shape index (κ1) is 13.1. The van der Waals surface area contributed by atoms with E-state index in [9.17, 15) is 4.79 Å². The first-order valence-electron chi connectivity index (χ1n) is 7.21. The molecule has 0 aliphatic carbocycles. The summed E-state index contributed by atoms with van der Waals surface area (Å²) in [5.41, 5.74) is 3.39. The number of likely N-dealkylation sites (tertiary alicyclic amines) is 1. The molecule has 1 N–H and O–H groups in total. The van der Waals surface area contributed by atoms with Crippen LogP contribution in [-0.4, -0.2) is 16.4 Å². The molecule has 0 amide bonds. The van der Waals surface area contributed by atoms with Gasteiger partial charge in [-0.2, -0.15) is 0 Å². The number of H-pyrrole nitrogens is 1. The summed E-state index contributed by atoms with van der Waals surface area (Å²) in [4.78, 5) is 16.8. The predicted molar refractivity (Wildman–Crippen MR) is 80.6 cm³/mol. The van der Waals surface area contributed by atoms with Gasteiger partial charge in [0.05, 0.1) is 0 Å². The summed E-state index contributed by atoms with van der Waals surface area (Å²) in [6.45, 7) is 3.97. The van der Waals surface area contributed by atoms with Crippen molar-refractivity contribution < 1.29 is 0 Å². The van der Waals surface area contributed by atoms with Crippen molar-refractivity contribution in [1.29, 1.82) is 0 Å². The summed E-state index contributed by atoms with van der Waals surface area (Å²) in [5, 5.41) is 0. The highest BCUT2D eigenvalue weighted by molar-refractivity contribution is 5.22. The minimum atomic E-state index is 0.0151. The average molecular weight is 268 g/mol. The van der Waals surface area contributed by atoms with E-state index in [2.05, 4.69) is 40.2 Å². The molecule has 0 radical (unpaired) electrons. The molecule has 1 aromatic carbocycles. The molecule has 1 saturated heterocycles.